The fraction of sp³-hybridized carbons (Fsp3) is 0.500. The van der Waals surface area contributed by atoms with Crippen LogP contribution in [0.5, 0.6) is 11.5 Å². The van der Waals surface area contributed by atoms with Gasteiger partial charge in [-0.05, 0) is 12.1 Å². The summed E-state index contributed by atoms with van der Waals surface area (Å²) in [6, 6.07) is 4.36. The van der Waals surface area contributed by atoms with Gasteiger partial charge in [0.2, 0.25) is 10.0 Å². The second kappa shape index (κ2) is 5.57. The van der Waals surface area contributed by atoms with E-state index >= 15 is 0 Å². The average Bonchev–Trinajstić information content (AvgIpc) is 2.78. The van der Waals surface area contributed by atoms with Crippen molar-refractivity contribution in [3.63, 3.8) is 0 Å². The summed E-state index contributed by atoms with van der Waals surface area (Å²) >= 11 is 0. The molecule has 0 aromatic heterocycles. The summed E-state index contributed by atoms with van der Waals surface area (Å²) in [7, 11) is -1.01. The highest BCUT2D eigenvalue weighted by Crippen LogP contribution is 2.32. The molecule has 1 aromatic rings. The molecule has 0 saturated carbocycles. The van der Waals surface area contributed by atoms with Crippen LogP contribution >= 0.6 is 0 Å². The van der Waals surface area contributed by atoms with Crippen LogP contribution in [0.25, 0.3) is 0 Å². The van der Waals surface area contributed by atoms with Gasteiger partial charge in [-0.2, -0.15) is 4.31 Å². The third kappa shape index (κ3) is 2.59. The summed E-state index contributed by atoms with van der Waals surface area (Å²) in [6.45, 7) is -0.280. The minimum absolute atomic E-state index is 0.0258. The molecule has 2 N–H and O–H groups in total. The van der Waals surface area contributed by atoms with E-state index in [4.69, 9.17) is 9.47 Å². The van der Waals surface area contributed by atoms with Crippen molar-refractivity contribution >= 4 is 10.0 Å². The van der Waals surface area contributed by atoms with Crippen molar-refractivity contribution in [3.05, 3.63) is 18.2 Å². The molecule has 2 unspecified atom stereocenters. The molecule has 112 valence electrons. The van der Waals surface area contributed by atoms with E-state index in [0.29, 0.717) is 5.75 Å². The molecule has 1 heterocycles. The van der Waals surface area contributed by atoms with Crippen molar-refractivity contribution < 1.29 is 28.1 Å². The zero-order chi connectivity index (χ0) is 14.9. The summed E-state index contributed by atoms with van der Waals surface area (Å²) in [6.07, 6.45) is -2.15. The second-order valence-electron chi connectivity index (χ2n) is 4.47. The van der Waals surface area contributed by atoms with E-state index in [1.165, 1.54) is 32.4 Å². The van der Waals surface area contributed by atoms with Crippen LogP contribution in [0.15, 0.2) is 23.1 Å². The Balaban J connectivity index is 2.39. The number of hydrogen-bond acceptors (Lipinski definition) is 6. The van der Waals surface area contributed by atoms with Crippen LogP contribution < -0.4 is 9.47 Å². The second-order valence-corrected chi connectivity index (χ2v) is 6.38. The van der Waals surface area contributed by atoms with E-state index in [-0.39, 0.29) is 23.7 Å². The SMILES string of the molecule is COc1ccc(S(=O)(=O)N2CC(O)C(O)C2)c(OC)c1. The van der Waals surface area contributed by atoms with Gasteiger partial charge in [-0.3, -0.25) is 0 Å². The Hall–Kier alpha value is -1.35. The molecule has 0 aliphatic carbocycles. The molecule has 0 spiro atoms. The first-order valence-corrected chi connectivity index (χ1v) is 7.42. The fourth-order valence-corrected chi connectivity index (χ4v) is 3.67. The van der Waals surface area contributed by atoms with Crippen molar-refractivity contribution in [1.82, 2.24) is 4.31 Å². The van der Waals surface area contributed by atoms with E-state index in [0.717, 1.165) is 4.31 Å². The lowest BCUT2D eigenvalue weighted by Crippen LogP contribution is -2.30. The summed E-state index contributed by atoms with van der Waals surface area (Å²) in [5.74, 6) is 0.627. The van der Waals surface area contributed by atoms with Gasteiger partial charge < -0.3 is 19.7 Å². The molecule has 1 aliphatic rings. The van der Waals surface area contributed by atoms with Crippen molar-refractivity contribution in [2.45, 2.75) is 17.1 Å². The van der Waals surface area contributed by atoms with E-state index in [1.807, 2.05) is 0 Å². The minimum atomic E-state index is -3.84. The highest BCUT2D eigenvalue weighted by atomic mass is 32.2. The molecular weight excluding hydrogens is 286 g/mol. The predicted molar refractivity (Wildman–Crippen MR) is 70.3 cm³/mol. The topological polar surface area (TPSA) is 96.3 Å². The highest BCUT2D eigenvalue weighted by Gasteiger charge is 2.38. The number of nitrogens with zero attached hydrogens (tertiary/aromatic N) is 1. The largest absolute Gasteiger partial charge is 0.497 e. The highest BCUT2D eigenvalue weighted by molar-refractivity contribution is 7.89. The first-order valence-electron chi connectivity index (χ1n) is 5.98. The molecule has 20 heavy (non-hydrogen) atoms. The predicted octanol–water partition coefficient (Wildman–Crippen LogP) is -0.570. The Kier molecular flexibility index (Phi) is 4.19. The van der Waals surface area contributed by atoms with Crippen molar-refractivity contribution in [1.29, 1.82) is 0 Å². The summed E-state index contributed by atoms with van der Waals surface area (Å²) in [4.78, 5) is -0.0258. The summed E-state index contributed by atoms with van der Waals surface area (Å²) < 4.78 is 36.1. The van der Waals surface area contributed by atoms with Gasteiger partial charge in [0.05, 0.1) is 26.4 Å². The van der Waals surface area contributed by atoms with Crippen LogP contribution in [0.1, 0.15) is 0 Å². The van der Waals surface area contributed by atoms with E-state index in [1.54, 1.807) is 0 Å². The molecule has 1 saturated heterocycles. The molecule has 1 aromatic carbocycles. The maximum atomic E-state index is 12.5. The molecule has 2 atom stereocenters. The van der Waals surface area contributed by atoms with Crippen molar-refractivity contribution in [3.8, 4) is 11.5 Å². The third-order valence-electron chi connectivity index (χ3n) is 3.21. The van der Waals surface area contributed by atoms with Crippen LogP contribution in [0.2, 0.25) is 0 Å². The van der Waals surface area contributed by atoms with Crippen molar-refractivity contribution in [2.24, 2.45) is 0 Å². The standard InChI is InChI=1S/C12H17NO6S/c1-18-8-3-4-12(11(5-8)19-2)20(16,17)13-6-9(14)10(15)7-13/h3-5,9-10,14-15H,6-7H2,1-2H3. The van der Waals surface area contributed by atoms with Crippen LogP contribution in [0, 0.1) is 0 Å². The lowest BCUT2D eigenvalue weighted by Gasteiger charge is -2.18. The Bertz CT molecular complexity index is 578. The molecule has 1 fully saturated rings. The maximum absolute atomic E-state index is 12.5. The Morgan fingerprint density at radius 3 is 2.25 bits per heavy atom. The van der Waals surface area contributed by atoms with Crippen molar-refractivity contribution in [2.75, 3.05) is 27.3 Å². The number of β-amino-alcohol motifs (C(OH)–C–C–N with tert-alkyl or cyclic N) is 2. The monoisotopic (exact) mass is 303 g/mol. The van der Waals surface area contributed by atoms with E-state index in [2.05, 4.69) is 0 Å². The van der Waals surface area contributed by atoms with Gasteiger partial charge in [-0.15, -0.1) is 0 Å². The van der Waals surface area contributed by atoms with E-state index in [9.17, 15) is 18.6 Å². The molecule has 0 amide bonds. The number of benzene rings is 1. The van der Waals surface area contributed by atoms with Gasteiger partial charge in [0.1, 0.15) is 16.4 Å². The average molecular weight is 303 g/mol. The number of hydrogen-bond donors (Lipinski definition) is 2. The number of methoxy groups -OCH3 is 2. The Labute approximate surface area is 117 Å². The van der Waals surface area contributed by atoms with Gasteiger partial charge in [-0.1, -0.05) is 0 Å². The third-order valence-corrected chi connectivity index (χ3v) is 5.09. The molecule has 8 heteroatoms. The zero-order valence-corrected chi connectivity index (χ0v) is 12.0. The van der Waals surface area contributed by atoms with Crippen LogP contribution in [0.4, 0.5) is 0 Å². The van der Waals surface area contributed by atoms with Gasteiger partial charge in [0.15, 0.2) is 0 Å². The molecule has 2 rings (SSSR count). The smallest absolute Gasteiger partial charge is 0.246 e. The van der Waals surface area contributed by atoms with Crippen LogP contribution in [-0.2, 0) is 10.0 Å². The van der Waals surface area contributed by atoms with Crippen LogP contribution in [0.3, 0.4) is 0 Å². The molecule has 7 nitrogen and oxygen atoms in total. The lowest BCUT2D eigenvalue weighted by molar-refractivity contribution is 0.0572. The Morgan fingerprint density at radius 1 is 1.15 bits per heavy atom. The number of aliphatic hydroxyl groups is 2. The zero-order valence-electron chi connectivity index (χ0n) is 11.2. The van der Waals surface area contributed by atoms with Gasteiger partial charge in [-0.25, -0.2) is 8.42 Å². The van der Waals surface area contributed by atoms with Gasteiger partial charge >= 0.3 is 0 Å². The number of aliphatic hydroxyl groups excluding tert-OH is 2. The maximum Gasteiger partial charge on any atom is 0.246 e. The first-order chi connectivity index (χ1) is 9.40. The fourth-order valence-electron chi connectivity index (χ4n) is 2.06. The van der Waals surface area contributed by atoms with Gasteiger partial charge in [0.25, 0.3) is 0 Å². The number of sulfonamides is 1. The quantitative estimate of drug-likeness (QED) is 0.773. The minimum Gasteiger partial charge on any atom is -0.497 e. The van der Waals surface area contributed by atoms with E-state index < -0.39 is 22.2 Å². The lowest BCUT2D eigenvalue weighted by atomic mass is 10.3. The number of rotatable bonds is 4. The first kappa shape index (κ1) is 15.0. The van der Waals surface area contributed by atoms with Crippen LogP contribution in [-0.4, -0.2) is 62.5 Å². The summed E-state index contributed by atoms with van der Waals surface area (Å²) in [5, 5.41) is 19.0. The van der Waals surface area contributed by atoms with Gasteiger partial charge in [0, 0.05) is 19.2 Å². The normalized spacial score (nSPS) is 23.8. The number of ether oxygens (including phenoxy) is 2. The Morgan fingerprint density at radius 2 is 1.75 bits per heavy atom. The molecule has 0 bridgehead atoms. The molecule has 0 radical (unpaired) electrons. The molecule has 1 aliphatic heterocycles. The molecular formula is C12H17NO6S. The summed E-state index contributed by atoms with van der Waals surface area (Å²) in [5.41, 5.74) is 0.